The van der Waals surface area contributed by atoms with Gasteiger partial charge >= 0.3 is 0 Å². The van der Waals surface area contributed by atoms with Crippen LogP contribution in [0.25, 0.3) is 0 Å². The van der Waals surface area contributed by atoms with Gasteiger partial charge in [-0.2, -0.15) is 0 Å². The first-order chi connectivity index (χ1) is 6.83. The molecule has 1 atom stereocenters. The van der Waals surface area contributed by atoms with Crippen molar-refractivity contribution in [3.05, 3.63) is 11.6 Å². The second-order valence-electron chi connectivity index (χ2n) is 4.56. The maximum absolute atomic E-state index is 5.85. The van der Waals surface area contributed by atoms with E-state index in [1.54, 1.807) is 5.57 Å². The number of unbranched alkanes of at least 4 members (excludes halogenated alkanes) is 4. The number of rotatable bonds is 6. The molecule has 0 bridgehead atoms. The van der Waals surface area contributed by atoms with E-state index < -0.39 is 0 Å². The summed E-state index contributed by atoms with van der Waals surface area (Å²) in [6, 6.07) is 0.443. The molecule has 1 heteroatoms. The summed E-state index contributed by atoms with van der Waals surface area (Å²) in [6.07, 6.45) is 14.3. The van der Waals surface area contributed by atoms with Gasteiger partial charge in [0, 0.05) is 6.04 Å². The highest BCUT2D eigenvalue weighted by Crippen LogP contribution is 2.22. The van der Waals surface area contributed by atoms with Crippen molar-refractivity contribution in [3.8, 4) is 0 Å². The van der Waals surface area contributed by atoms with Gasteiger partial charge in [-0.25, -0.2) is 0 Å². The van der Waals surface area contributed by atoms with Gasteiger partial charge in [0.15, 0.2) is 0 Å². The van der Waals surface area contributed by atoms with Crippen molar-refractivity contribution in [2.75, 3.05) is 0 Å². The Kier molecular flexibility index (Phi) is 5.93. The summed E-state index contributed by atoms with van der Waals surface area (Å²) in [5.41, 5.74) is 7.52. The fourth-order valence-corrected chi connectivity index (χ4v) is 2.09. The lowest BCUT2D eigenvalue weighted by molar-refractivity contribution is 0.561. The minimum absolute atomic E-state index is 0.443. The Morgan fingerprint density at radius 1 is 1.29 bits per heavy atom. The van der Waals surface area contributed by atoms with Gasteiger partial charge in [0.2, 0.25) is 0 Å². The summed E-state index contributed by atoms with van der Waals surface area (Å²) in [7, 11) is 0. The summed E-state index contributed by atoms with van der Waals surface area (Å²) in [6.45, 7) is 2.27. The van der Waals surface area contributed by atoms with Crippen LogP contribution in [0.4, 0.5) is 0 Å². The Balaban J connectivity index is 2.01. The summed E-state index contributed by atoms with van der Waals surface area (Å²) in [5.74, 6) is 0. The predicted octanol–water partition coefficient (Wildman–Crippen LogP) is 3.78. The van der Waals surface area contributed by atoms with E-state index >= 15 is 0 Å². The van der Waals surface area contributed by atoms with E-state index in [0.717, 1.165) is 6.42 Å². The monoisotopic (exact) mass is 195 g/mol. The second-order valence-corrected chi connectivity index (χ2v) is 4.56. The highest BCUT2D eigenvalue weighted by molar-refractivity contribution is 5.07. The smallest absolute Gasteiger partial charge is 0.00765 e. The summed E-state index contributed by atoms with van der Waals surface area (Å²) >= 11 is 0. The van der Waals surface area contributed by atoms with Gasteiger partial charge in [0.05, 0.1) is 0 Å². The molecule has 14 heavy (non-hydrogen) atoms. The average Bonchev–Trinajstić information content (AvgIpc) is 2.21. The zero-order chi connectivity index (χ0) is 10.2. The molecule has 0 radical (unpaired) electrons. The largest absolute Gasteiger partial charge is 0.327 e. The first-order valence-corrected chi connectivity index (χ1v) is 6.26. The molecule has 2 N–H and O–H groups in total. The van der Waals surface area contributed by atoms with Gasteiger partial charge in [0.1, 0.15) is 0 Å². The third-order valence-electron chi connectivity index (χ3n) is 3.15. The van der Waals surface area contributed by atoms with Gasteiger partial charge in [-0.1, -0.05) is 44.3 Å². The Morgan fingerprint density at radius 2 is 2.07 bits per heavy atom. The van der Waals surface area contributed by atoms with Crippen LogP contribution in [-0.2, 0) is 0 Å². The molecule has 0 heterocycles. The molecule has 0 aromatic heterocycles. The van der Waals surface area contributed by atoms with Crippen LogP contribution in [0.5, 0.6) is 0 Å². The number of hydrogen-bond donors (Lipinski definition) is 1. The van der Waals surface area contributed by atoms with Crippen LogP contribution in [-0.4, -0.2) is 6.04 Å². The van der Waals surface area contributed by atoms with Gasteiger partial charge < -0.3 is 5.73 Å². The number of allylic oxidation sites excluding steroid dienone is 1. The Hall–Kier alpha value is -0.300. The first kappa shape index (κ1) is 11.8. The van der Waals surface area contributed by atoms with Gasteiger partial charge in [0.25, 0.3) is 0 Å². The van der Waals surface area contributed by atoms with Gasteiger partial charge in [-0.15, -0.1) is 0 Å². The number of hydrogen-bond acceptors (Lipinski definition) is 1. The minimum Gasteiger partial charge on any atom is -0.327 e. The lowest BCUT2D eigenvalue weighted by atomic mass is 9.92. The van der Waals surface area contributed by atoms with E-state index in [-0.39, 0.29) is 0 Å². The lowest BCUT2D eigenvalue weighted by Gasteiger charge is -2.18. The van der Waals surface area contributed by atoms with Crippen LogP contribution >= 0.6 is 0 Å². The van der Waals surface area contributed by atoms with E-state index in [1.807, 2.05) is 0 Å². The molecule has 0 saturated heterocycles. The molecule has 1 rings (SSSR count). The quantitative estimate of drug-likeness (QED) is 0.506. The van der Waals surface area contributed by atoms with Crippen molar-refractivity contribution in [1.29, 1.82) is 0 Å². The molecule has 0 saturated carbocycles. The molecule has 1 aliphatic carbocycles. The maximum Gasteiger partial charge on any atom is 0.00765 e. The molecule has 0 aromatic rings. The van der Waals surface area contributed by atoms with E-state index in [0.29, 0.717) is 6.04 Å². The molecule has 0 spiro atoms. The normalized spacial score (nSPS) is 22.1. The van der Waals surface area contributed by atoms with Gasteiger partial charge in [-0.05, 0) is 32.1 Å². The van der Waals surface area contributed by atoms with Crippen LogP contribution in [0.2, 0.25) is 0 Å². The third kappa shape index (κ3) is 4.80. The standard InChI is InChI=1S/C13H25N/c1-2-3-4-5-6-7-12-8-10-13(14)11-9-12/h8,13H,2-7,9-11,14H2,1H3. The van der Waals surface area contributed by atoms with Crippen molar-refractivity contribution in [3.63, 3.8) is 0 Å². The summed E-state index contributed by atoms with van der Waals surface area (Å²) < 4.78 is 0. The average molecular weight is 195 g/mol. The van der Waals surface area contributed by atoms with Crippen molar-refractivity contribution in [2.24, 2.45) is 5.73 Å². The Labute approximate surface area is 88.8 Å². The van der Waals surface area contributed by atoms with Crippen LogP contribution in [0.3, 0.4) is 0 Å². The molecule has 1 nitrogen and oxygen atoms in total. The zero-order valence-electron chi connectivity index (χ0n) is 9.60. The van der Waals surface area contributed by atoms with Crippen molar-refractivity contribution in [1.82, 2.24) is 0 Å². The van der Waals surface area contributed by atoms with E-state index in [9.17, 15) is 0 Å². The minimum atomic E-state index is 0.443. The van der Waals surface area contributed by atoms with E-state index in [2.05, 4.69) is 13.0 Å². The topological polar surface area (TPSA) is 26.0 Å². The fraction of sp³-hybridized carbons (Fsp3) is 0.846. The van der Waals surface area contributed by atoms with Crippen LogP contribution in [0.1, 0.15) is 64.7 Å². The van der Waals surface area contributed by atoms with Crippen LogP contribution in [0.15, 0.2) is 11.6 Å². The zero-order valence-corrected chi connectivity index (χ0v) is 9.60. The highest BCUT2D eigenvalue weighted by Gasteiger charge is 2.09. The fourth-order valence-electron chi connectivity index (χ4n) is 2.09. The molecule has 1 aliphatic rings. The molecular weight excluding hydrogens is 170 g/mol. The van der Waals surface area contributed by atoms with Gasteiger partial charge in [-0.3, -0.25) is 0 Å². The first-order valence-electron chi connectivity index (χ1n) is 6.26. The summed E-state index contributed by atoms with van der Waals surface area (Å²) in [5, 5.41) is 0. The van der Waals surface area contributed by atoms with E-state index in [1.165, 1.54) is 51.4 Å². The van der Waals surface area contributed by atoms with Crippen LogP contribution < -0.4 is 5.73 Å². The SMILES string of the molecule is CCCCCCCC1=CCC(N)CC1. The Bertz CT molecular complexity index is 172. The molecular formula is C13H25N. The highest BCUT2D eigenvalue weighted by atomic mass is 14.6. The molecule has 1 unspecified atom stereocenters. The van der Waals surface area contributed by atoms with Crippen molar-refractivity contribution in [2.45, 2.75) is 70.8 Å². The number of nitrogens with two attached hydrogens (primary N) is 1. The second kappa shape index (κ2) is 7.05. The summed E-state index contributed by atoms with van der Waals surface area (Å²) in [4.78, 5) is 0. The Morgan fingerprint density at radius 3 is 2.71 bits per heavy atom. The maximum atomic E-state index is 5.85. The van der Waals surface area contributed by atoms with Crippen molar-refractivity contribution < 1.29 is 0 Å². The molecule has 0 aliphatic heterocycles. The lowest BCUT2D eigenvalue weighted by Crippen LogP contribution is -2.21. The molecule has 82 valence electrons. The van der Waals surface area contributed by atoms with Crippen molar-refractivity contribution >= 4 is 0 Å². The predicted molar refractivity (Wildman–Crippen MR) is 63.3 cm³/mol. The molecule has 0 aromatic carbocycles. The van der Waals surface area contributed by atoms with E-state index in [4.69, 9.17) is 5.73 Å². The van der Waals surface area contributed by atoms with Crippen LogP contribution in [0, 0.1) is 0 Å². The molecule has 0 fully saturated rings. The molecule has 0 amide bonds. The third-order valence-corrected chi connectivity index (χ3v) is 3.15.